The minimum atomic E-state index is 0.517. The number of aryl methyl sites for hydroxylation is 1. The average molecular weight is 247 g/mol. The van der Waals surface area contributed by atoms with Gasteiger partial charge in [-0.05, 0) is 26.3 Å². The topological polar surface area (TPSA) is 60.0 Å². The van der Waals surface area contributed by atoms with E-state index in [1.54, 1.807) is 12.7 Å². The minimum absolute atomic E-state index is 0.517. The predicted octanol–water partition coefficient (Wildman–Crippen LogP) is 1.24. The smallest absolute Gasteiger partial charge is 0.137 e. The summed E-state index contributed by atoms with van der Waals surface area (Å²) in [6.07, 6.45) is 5.80. The molecule has 0 unspecified atom stereocenters. The summed E-state index contributed by atoms with van der Waals surface area (Å²) in [5.74, 6) is 0.872. The van der Waals surface area contributed by atoms with Crippen molar-refractivity contribution in [1.82, 2.24) is 24.8 Å². The number of rotatable bonds is 4. The summed E-state index contributed by atoms with van der Waals surface area (Å²) in [6.45, 7) is 4.80. The zero-order valence-electron chi connectivity index (χ0n) is 10.5. The number of nitrogens with zero attached hydrogens (tertiary/aromatic N) is 5. The van der Waals surface area contributed by atoms with E-state index in [1.807, 2.05) is 17.7 Å². The number of aromatic nitrogens is 4. The van der Waals surface area contributed by atoms with Crippen molar-refractivity contribution in [3.05, 3.63) is 30.2 Å². The summed E-state index contributed by atoms with van der Waals surface area (Å²) in [5.41, 5.74) is 1.01. The van der Waals surface area contributed by atoms with Gasteiger partial charge in [-0.3, -0.25) is 9.58 Å². The standard InChI is InChI=1S/C12H17N5O/c1-10-5-11(15-18-10)6-16-4-2-3-12(16)7-17-9-13-8-14-17/h5,8-9,12H,2-4,6-7H2,1H3/t12-/m1/s1. The largest absolute Gasteiger partial charge is 0.361 e. The molecule has 18 heavy (non-hydrogen) atoms. The summed E-state index contributed by atoms with van der Waals surface area (Å²) in [4.78, 5) is 6.43. The third-order valence-electron chi connectivity index (χ3n) is 3.41. The van der Waals surface area contributed by atoms with Crippen LogP contribution in [-0.4, -0.2) is 37.4 Å². The Morgan fingerprint density at radius 2 is 2.44 bits per heavy atom. The Kier molecular flexibility index (Phi) is 3.10. The Labute approximate surface area is 106 Å². The maximum absolute atomic E-state index is 5.11. The molecule has 3 rings (SSSR count). The van der Waals surface area contributed by atoms with Gasteiger partial charge in [0.05, 0.1) is 12.2 Å². The lowest BCUT2D eigenvalue weighted by Crippen LogP contribution is -2.32. The maximum Gasteiger partial charge on any atom is 0.137 e. The van der Waals surface area contributed by atoms with E-state index in [0.29, 0.717) is 6.04 Å². The average Bonchev–Trinajstić information content (AvgIpc) is 3.05. The summed E-state index contributed by atoms with van der Waals surface area (Å²) >= 11 is 0. The molecule has 2 aromatic heterocycles. The minimum Gasteiger partial charge on any atom is -0.361 e. The van der Waals surface area contributed by atoms with Crippen LogP contribution in [0.1, 0.15) is 24.3 Å². The van der Waals surface area contributed by atoms with Crippen molar-refractivity contribution >= 4 is 0 Å². The normalized spacial score (nSPS) is 20.6. The van der Waals surface area contributed by atoms with Gasteiger partial charge in [0.15, 0.2) is 0 Å². The van der Waals surface area contributed by atoms with Gasteiger partial charge in [0.2, 0.25) is 0 Å². The Balaban J connectivity index is 1.64. The van der Waals surface area contributed by atoms with Gasteiger partial charge in [0, 0.05) is 18.7 Å². The van der Waals surface area contributed by atoms with E-state index in [2.05, 4.69) is 20.1 Å². The third-order valence-corrected chi connectivity index (χ3v) is 3.41. The molecule has 0 aromatic carbocycles. The predicted molar refractivity (Wildman–Crippen MR) is 64.7 cm³/mol. The maximum atomic E-state index is 5.11. The summed E-state index contributed by atoms with van der Waals surface area (Å²) < 4.78 is 7.01. The summed E-state index contributed by atoms with van der Waals surface area (Å²) in [7, 11) is 0. The van der Waals surface area contributed by atoms with Crippen molar-refractivity contribution in [2.24, 2.45) is 0 Å². The first-order valence-electron chi connectivity index (χ1n) is 6.30. The van der Waals surface area contributed by atoms with E-state index >= 15 is 0 Å². The van der Waals surface area contributed by atoms with Gasteiger partial charge in [0.25, 0.3) is 0 Å². The Bertz CT molecular complexity index is 492. The Hall–Kier alpha value is -1.69. The molecule has 6 heteroatoms. The second-order valence-corrected chi connectivity index (χ2v) is 4.81. The van der Waals surface area contributed by atoms with Gasteiger partial charge in [-0.1, -0.05) is 5.16 Å². The Morgan fingerprint density at radius 1 is 1.50 bits per heavy atom. The molecule has 1 fully saturated rings. The lowest BCUT2D eigenvalue weighted by Gasteiger charge is -2.22. The van der Waals surface area contributed by atoms with Gasteiger partial charge in [0.1, 0.15) is 18.4 Å². The third kappa shape index (κ3) is 2.43. The molecule has 0 aliphatic carbocycles. The monoisotopic (exact) mass is 247 g/mol. The molecule has 3 heterocycles. The fraction of sp³-hybridized carbons (Fsp3) is 0.583. The molecule has 6 nitrogen and oxygen atoms in total. The highest BCUT2D eigenvalue weighted by molar-refractivity contribution is 5.04. The second kappa shape index (κ2) is 4.89. The molecule has 1 saturated heterocycles. The van der Waals surface area contributed by atoms with Crippen LogP contribution in [0.15, 0.2) is 23.2 Å². The van der Waals surface area contributed by atoms with Crippen molar-refractivity contribution < 1.29 is 4.52 Å². The van der Waals surface area contributed by atoms with Gasteiger partial charge in [-0.15, -0.1) is 0 Å². The van der Waals surface area contributed by atoms with Crippen LogP contribution in [0.3, 0.4) is 0 Å². The van der Waals surface area contributed by atoms with E-state index in [0.717, 1.165) is 31.1 Å². The van der Waals surface area contributed by atoms with E-state index in [-0.39, 0.29) is 0 Å². The highest BCUT2D eigenvalue weighted by atomic mass is 16.5. The van der Waals surface area contributed by atoms with Crippen molar-refractivity contribution in [1.29, 1.82) is 0 Å². The zero-order valence-corrected chi connectivity index (χ0v) is 10.5. The molecule has 2 aromatic rings. The van der Waals surface area contributed by atoms with Crippen LogP contribution < -0.4 is 0 Å². The molecular weight excluding hydrogens is 230 g/mol. The SMILES string of the molecule is Cc1cc(CN2CCC[C@@H]2Cn2cncn2)no1. The number of hydrogen-bond donors (Lipinski definition) is 0. The van der Waals surface area contributed by atoms with Crippen LogP contribution in [0.2, 0.25) is 0 Å². The van der Waals surface area contributed by atoms with Gasteiger partial charge in [-0.2, -0.15) is 5.10 Å². The van der Waals surface area contributed by atoms with Crippen molar-refractivity contribution in [2.45, 2.75) is 38.9 Å². The van der Waals surface area contributed by atoms with Crippen LogP contribution in [-0.2, 0) is 13.1 Å². The van der Waals surface area contributed by atoms with Crippen LogP contribution in [0, 0.1) is 6.92 Å². The molecule has 1 aliphatic heterocycles. The van der Waals surface area contributed by atoms with Crippen LogP contribution in [0.25, 0.3) is 0 Å². The molecule has 0 N–H and O–H groups in total. The van der Waals surface area contributed by atoms with Crippen molar-refractivity contribution in [3.8, 4) is 0 Å². The van der Waals surface area contributed by atoms with Crippen LogP contribution >= 0.6 is 0 Å². The molecule has 96 valence electrons. The van der Waals surface area contributed by atoms with Gasteiger partial charge in [-0.25, -0.2) is 4.98 Å². The molecule has 0 saturated carbocycles. The molecular formula is C12H17N5O. The van der Waals surface area contributed by atoms with Crippen LogP contribution in [0.5, 0.6) is 0 Å². The van der Waals surface area contributed by atoms with Crippen molar-refractivity contribution in [2.75, 3.05) is 6.54 Å². The van der Waals surface area contributed by atoms with Crippen molar-refractivity contribution in [3.63, 3.8) is 0 Å². The lowest BCUT2D eigenvalue weighted by molar-refractivity contribution is 0.213. The first-order valence-corrected chi connectivity index (χ1v) is 6.30. The summed E-state index contributed by atoms with van der Waals surface area (Å²) in [5, 5.41) is 8.23. The summed E-state index contributed by atoms with van der Waals surface area (Å²) in [6, 6.07) is 2.52. The fourth-order valence-electron chi connectivity index (χ4n) is 2.55. The van der Waals surface area contributed by atoms with E-state index < -0.39 is 0 Å². The second-order valence-electron chi connectivity index (χ2n) is 4.81. The molecule has 0 spiro atoms. The van der Waals surface area contributed by atoms with E-state index in [9.17, 15) is 0 Å². The molecule has 1 aliphatic rings. The number of likely N-dealkylation sites (tertiary alicyclic amines) is 1. The Morgan fingerprint density at radius 3 is 3.17 bits per heavy atom. The van der Waals surface area contributed by atoms with Crippen LogP contribution in [0.4, 0.5) is 0 Å². The highest BCUT2D eigenvalue weighted by Crippen LogP contribution is 2.21. The highest BCUT2D eigenvalue weighted by Gasteiger charge is 2.25. The molecule has 0 amide bonds. The first kappa shape index (κ1) is 11.4. The fourth-order valence-corrected chi connectivity index (χ4v) is 2.55. The number of hydrogen-bond acceptors (Lipinski definition) is 5. The zero-order chi connectivity index (χ0) is 12.4. The molecule has 1 atom stereocenters. The molecule has 0 radical (unpaired) electrons. The first-order chi connectivity index (χ1) is 8.81. The van der Waals surface area contributed by atoms with E-state index in [4.69, 9.17) is 4.52 Å². The molecule has 0 bridgehead atoms. The van der Waals surface area contributed by atoms with Gasteiger partial charge < -0.3 is 4.52 Å². The lowest BCUT2D eigenvalue weighted by atomic mass is 10.2. The quantitative estimate of drug-likeness (QED) is 0.813. The van der Waals surface area contributed by atoms with Gasteiger partial charge >= 0.3 is 0 Å². The van der Waals surface area contributed by atoms with E-state index in [1.165, 1.54) is 12.8 Å².